The summed E-state index contributed by atoms with van der Waals surface area (Å²) in [5.74, 6) is -0.435. The molecular weight excluding hydrogens is 436 g/mol. The van der Waals surface area contributed by atoms with Crippen LogP contribution >= 0.6 is 11.3 Å². The second kappa shape index (κ2) is 10.2. The minimum absolute atomic E-state index is 0.225. The molecule has 10 nitrogen and oxygen atoms in total. The number of benzene rings is 1. The van der Waals surface area contributed by atoms with Crippen LogP contribution in [0, 0.1) is 6.92 Å². The van der Waals surface area contributed by atoms with Gasteiger partial charge in [-0.1, -0.05) is 0 Å². The highest BCUT2D eigenvalue weighted by Crippen LogP contribution is 2.35. The monoisotopic (exact) mass is 458 g/mol. The van der Waals surface area contributed by atoms with E-state index in [1.54, 1.807) is 31.4 Å². The van der Waals surface area contributed by atoms with Crippen LogP contribution in [-0.4, -0.2) is 55.6 Å². The molecule has 0 atom stereocenters. The Kier molecular flexibility index (Phi) is 7.33. The molecule has 2 amide bonds. The summed E-state index contributed by atoms with van der Waals surface area (Å²) in [6.07, 6.45) is 0. The average molecular weight is 458 g/mol. The predicted octanol–water partition coefficient (Wildman–Crippen LogP) is 2.31. The summed E-state index contributed by atoms with van der Waals surface area (Å²) in [7, 11) is 4.30. The highest BCUT2D eigenvalue weighted by Gasteiger charge is 2.21. The molecule has 0 saturated carbocycles. The van der Waals surface area contributed by atoms with E-state index >= 15 is 0 Å². The quantitative estimate of drug-likeness (QED) is 0.492. The van der Waals surface area contributed by atoms with Gasteiger partial charge >= 0.3 is 5.97 Å². The van der Waals surface area contributed by atoms with Crippen LogP contribution in [0.15, 0.2) is 24.3 Å². The molecule has 2 aromatic heterocycles. The van der Waals surface area contributed by atoms with Crippen LogP contribution < -0.4 is 15.4 Å². The molecule has 11 heteroatoms. The molecule has 0 unspecified atom stereocenters. The maximum Gasteiger partial charge on any atom is 0.325 e. The average Bonchev–Trinajstić information content (AvgIpc) is 3.13. The summed E-state index contributed by atoms with van der Waals surface area (Å²) in [4.78, 5) is 46.0. The van der Waals surface area contributed by atoms with Crippen molar-refractivity contribution >= 4 is 45.0 Å². The molecule has 0 bridgehead atoms. The number of thiophene rings is 1. The van der Waals surface area contributed by atoms with Crippen molar-refractivity contribution in [3.63, 3.8) is 0 Å². The van der Waals surface area contributed by atoms with Gasteiger partial charge in [-0.3, -0.25) is 14.4 Å². The van der Waals surface area contributed by atoms with Crippen molar-refractivity contribution in [2.45, 2.75) is 13.5 Å². The smallest absolute Gasteiger partial charge is 0.325 e. The van der Waals surface area contributed by atoms with E-state index in [2.05, 4.69) is 25.3 Å². The number of ether oxygens (including phenoxy) is 3. The van der Waals surface area contributed by atoms with E-state index in [4.69, 9.17) is 9.47 Å². The molecular formula is C21H22N4O6S. The summed E-state index contributed by atoms with van der Waals surface area (Å²) in [5, 5.41) is 5.95. The zero-order chi connectivity index (χ0) is 23.3. The lowest BCUT2D eigenvalue weighted by molar-refractivity contribution is -0.139. The highest BCUT2D eigenvalue weighted by molar-refractivity contribution is 7.20. The normalized spacial score (nSPS) is 10.6. The van der Waals surface area contributed by atoms with Crippen LogP contribution in [0.3, 0.4) is 0 Å². The van der Waals surface area contributed by atoms with Gasteiger partial charge in [0, 0.05) is 18.4 Å². The topological polar surface area (TPSA) is 129 Å². The number of hydrogen-bond donors (Lipinski definition) is 2. The molecule has 2 N–H and O–H groups in total. The van der Waals surface area contributed by atoms with Gasteiger partial charge in [0.15, 0.2) is 5.82 Å². The lowest BCUT2D eigenvalue weighted by Gasteiger charge is -2.07. The number of nitrogens with zero attached hydrogens (tertiary/aromatic N) is 2. The number of nitrogens with one attached hydrogen (secondary N) is 2. The molecule has 0 spiro atoms. The van der Waals surface area contributed by atoms with Crippen LogP contribution in [0.1, 0.15) is 31.4 Å². The number of aryl methyl sites for hydroxylation is 1. The number of amides is 2. The third-order valence-corrected chi connectivity index (χ3v) is 5.69. The Labute approximate surface area is 187 Å². The first-order valence-corrected chi connectivity index (χ1v) is 10.3. The SMILES string of the molecule is COCc1nc(OC)c2c(C)c(C(=O)Nc3ccc(C(=O)NCC(=O)OC)cc3)sc2n1. The second-order valence-electron chi connectivity index (χ2n) is 6.61. The Bertz CT molecular complexity index is 1160. The van der Waals surface area contributed by atoms with E-state index in [0.29, 0.717) is 43.6 Å². The van der Waals surface area contributed by atoms with Gasteiger partial charge in [0.25, 0.3) is 11.8 Å². The van der Waals surface area contributed by atoms with E-state index in [1.165, 1.54) is 25.6 Å². The van der Waals surface area contributed by atoms with E-state index in [0.717, 1.165) is 0 Å². The maximum absolute atomic E-state index is 12.9. The molecule has 1 aromatic carbocycles. The van der Waals surface area contributed by atoms with Crippen molar-refractivity contribution in [3.05, 3.63) is 46.1 Å². The first-order chi connectivity index (χ1) is 15.4. The molecule has 0 radical (unpaired) electrons. The van der Waals surface area contributed by atoms with Gasteiger partial charge in [-0.25, -0.2) is 4.98 Å². The number of fused-ring (bicyclic) bond motifs is 1. The standard InChI is InChI=1S/C21H22N4O6S/c1-11-16-20(31-4)24-14(10-29-2)25-21(16)32-17(11)19(28)23-13-7-5-12(6-8-13)18(27)22-9-15(26)30-3/h5-8H,9-10H2,1-4H3,(H,22,27)(H,23,28). The summed E-state index contributed by atoms with van der Waals surface area (Å²) in [6, 6.07) is 6.30. The Morgan fingerprint density at radius 1 is 1.03 bits per heavy atom. The third kappa shape index (κ3) is 5.01. The Hall–Kier alpha value is -3.57. The fourth-order valence-electron chi connectivity index (χ4n) is 2.92. The van der Waals surface area contributed by atoms with E-state index in [-0.39, 0.29) is 19.1 Å². The number of methoxy groups -OCH3 is 3. The Morgan fingerprint density at radius 3 is 2.38 bits per heavy atom. The lowest BCUT2D eigenvalue weighted by atomic mass is 10.1. The summed E-state index contributed by atoms with van der Waals surface area (Å²) in [5.41, 5.74) is 1.56. The molecule has 0 aliphatic rings. The van der Waals surface area contributed by atoms with Crippen molar-refractivity contribution in [1.82, 2.24) is 15.3 Å². The number of rotatable bonds is 8. The van der Waals surface area contributed by atoms with Gasteiger partial charge in [-0.2, -0.15) is 4.98 Å². The van der Waals surface area contributed by atoms with Crippen molar-refractivity contribution in [3.8, 4) is 5.88 Å². The van der Waals surface area contributed by atoms with Gasteiger partial charge in [-0.05, 0) is 36.8 Å². The zero-order valence-corrected chi connectivity index (χ0v) is 18.8. The number of aromatic nitrogens is 2. The molecule has 3 aromatic rings. The minimum atomic E-state index is -0.545. The van der Waals surface area contributed by atoms with Gasteiger partial charge in [0.2, 0.25) is 5.88 Å². The molecule has 2 heterocycles. The van der Waals surface area contributed by atoms with Crippen LogP contribution in [0.25, 0.3) is 10.2 Å². The van der Waals surface area contributed by atoms with Crippen molar-refractivity contribution in [2.75, 3.05) is 33.2 Å². The number of esters is 1. The molecule has 0 aliphatic carbocycles. The Morgan fingerprint density at radius 2 is 1.75 bits per heavy atom. The molecule has 0 fully saturated rings. The van der Waals surface area contributed by atoms with Crippen LogP contribution in [0.5, 0.6) is 5.88 Å². The van der Waals surface area contributed by atoms with Gasteiger partial charge < -0.3 is 24.8 Å². The largest absolute Gasteiger partial charge is 0.480 e. The van der Waals surface area contributed by atoms with Gasteiger partial charge in [0.05, 0.1) is 24.5 Å². The fraction of sp³-hybridized carbons (Fsp3) is 0.286. The van der Waals surface area contributed by atoms with Crippen LogP contribution in [0.4, 0.5) is 5.69 Å². The van der Waals surface area contributed by atoms with Gasteiger partial charge in [-0.15, -0.1) is 11.3 Å². The van der Waals surface area contributed by atoms with Crippen molar-refractivity contribution in [2.24, 2.45) is 0 Å². The Balaban J connectivity index is 1.77. The fourth-order valence-corrected chi connectivity index (χ4v) is 4.01. The zero-order valence-electron chi connectivity index (χ0n) is 18.0. The lowest BCUT2D eigenvalue weighted by Crippen LogP contribution is -2.30. The van der Waals surface area contributed by atoms with Crippen molar-refractivity contribution < 1.29 is 28.6 Å². The third-order valence-electron chi connectivity index (χ3n) is 4.50. The van der Waals surface area contributed by atoms with Crippen molar-refractivity contribution in [1.29, 1.82) is 0 Å². The number of anilines is 1. The van der Waals surface area contributed by atoms with Crippen LogP contribution in [-0.2, 0) is 20.9 Å². The molecule has 0 saturated heterocycles. The summed E-state index contributed by atoms with van der Waals surface area (Å²) < 4.78 is 15.0. The molecule has 32 heavy (non-hydrogen) atoms. The first kappa shape index (κ1) is 23.1. The van der Waals surface area contributed by atoms with E-state index in [1.807, 2.05) is 6.92 Å². The summed E-state index contributed by atoms with van der Waals surface area (Å²) >= 11 is 1.23. The number of hydrogen-bond acceptors (Lipinski definition) is 9. The van der Waals surface area contributed by atoms with E-state index < -0.39 is 11.9 Å². The van der Waals surface area contributed by atoms with Gasteiger partial charge in [0.1, 0.15) is 18.0 Å². The first-order valence-electron chi connectivity index (χ1n) is 9.47. The number of carbonyl (C=O) groups excluding carboxylic acids is 3. The second-order valence-corrected chi connectivity index (χ2v) is 7.61. The molecule has 0 aliphatic heterocycles. The highest BCUT2D eigenvalue weighted by atomic mass is 32.1. The minimum Gasteiger partial charge on any atom is -0.480 e. The predicted molar refractivity (Wildman–Crippen MR) is 118 cm³/mol. The van der Waals surface area contributed by atoms with E-state index in [9.17, 15) is 14.4 Å². The molecule has 168 valence electrons. The number of carbonyl (C=O) groups is 3. The summed E-state index contributed by atoms with van der Waals surface area (Å²) in [6.45, 7) is 1.81. The van der Waals surface area contributed by atoms with Crippen LogP contribution in [0.2, 0.25) is 0 Å². The maximum atomic E-state index is 12.9. The molecule has 3 rings (SSSR count).